The summed E-state index contributed by atoms with van der Waals surface area (Å²) in [5, 5.41) is 9.55. The Kier molecular flexibility index (Phi) is 6.04. The second kappa shape index (κ2) is 9.03. The summed E-state index contributed by atoms with van der Waals surface area (Å²) in [6.07, 6.45) is 7.05. The molecule has 0 unspecified atom stereocenters. The van der Waals surface area contributed by atoms with Crippen molar-refractivity contribution in [2.45, 2.75) is 62.9 Å². The van der Waals surface area contributed by atoms with Gasteiger partial charge in [-0.1, -0.05) is 6.58 Å². The van der Waals surface area contributed by atoms with Crippen LogP contribution in [0.5, 0.6) is 0 Å². The molecule has 3 N–H and O–H groups in total. The molecule has 2 aliphatic rings. The molecule has 0 saturated heterocycles. The molecule has 0 radical (unpaired) electrons. The van der Waals surface area contributed by atoms with Crippen LogP contribution in [0, 0.1) is 0 Å². The Morgan fingerprint density at radius 1 is 1.29 bits per heavy atom. The predicted octanol–water partition coefficient (Wildman–Crippen LogP) is 4.47. The number of nitrogens with zero attached hydrogens (tertiary/aromatic N) is 3. The molecule has 0 spiro atoms. The lowest BCUT2D eigenvalue weighted by Gasteiger charge is -2.36. The second-order valence-corrected chi connectivity index (χ2v) is 9.83. The standard InChI is InChI=1S/C26H33FN6O2/c1-16(29-21-14-19(21)27)18-9-13-33-23(28-3)15-22(31-24(18)33)30-20-6-5-12-32(25(20)34)17-7-10-26(2,35-4)11-8-17/h5-6,9,12-13,15,17,19,21,28-29H,1,7-8,10-11,14H2,2-4H3,(H,30,31)/t17?,19-,21+,26?/m1/s1. The smallest absolute Gasteiger partial charge is 0.274 e. The average Bonchev–Trinajstić information content (AvgIpc) is 3.37. The number of nitrogens with one attached hydrogen (secondary N) is 3. The Morgan fingerprint density at radius 3 is 2.69 bits per heavy atom. The van der Waals surface area contributed by atoms with Gasteiger partial charge in [-0.3, -0.25) is 9.20 Å². The molecule has 3 heterocycles. The highest BCUT2D eigenvalue weighted by Gasteiger charge is 2.38. The molecule has 2 atom stereocenters. The third-order valence-corrected chi connectivity index (χ3v) is 7.41. The van der Waals surface area contributed by atoms with Gasteiger partial charge in [0.25, 0.3) is 5.56 Å². The molecule has 0 amide bonds. The fraction of sp³-hybridized carbons (Fsp3) is 0.462. The molecule has 2 aliphatic carbocycles. The van der Waals surface area contributed by atoms with E-state index in [1.807, 2.05) is 46.6 Å². The van der Waals surface area contributed by atoms with Gasteiger partial charge in [-0.05, 0) is 50.8 Å². The van der Waals surface area contributed by atoms with E-state index in [1.165, 1.54) is 0 Å². The summed E-state index contributed by atoms with van der Waals surface area (Å²) in [7, 11) is 3.58. The molecule has 35 heavy (non-hydrogen) atoms. The van der Waals surface area contributed by atoms with Crippen molar-refractivity contribution in [3.05, 3.63) is 59.2 Å². The molecular weight excluding hydrogens is 447 g/mol. The maximum absolute atomic E-state index is 13.4. The van der Waals surface area contributed by atoms with Crippen molar-refractivity contribution in [3.63, 3.8) is 0 Å². The molecule has 0 bridgehead atoms. The van der Waals surface area contributed by atoms with Crippen molar-refractivity contribution >= 4 is 28.7 Å². The monoisotopic (exact) mass is 480 g/mol. The molecule has 186 valence electrons. The fourth-order valence-corrected chi connectivity index (χ4v) is 4.91. The SMILES string of the molecule is C=C(N[C@H]1C[C@H]1F)c1ccn2c(NC)cc(Nc3cccn(C4CCC(C)(OC)CC4)c3=O)nc12. The van der Waals surface area contributed by atoms with Gasteiger partial charge in [-0.25, -0.2) is 9.37 Å². The van der Waals surface area contributed by atoms with Gasteiger partial charge in [0.15, 0.2) is 0 Å². The summed E-state index contributed by atoms with van der Waals surface area (Å²) < 4.78 is 22.8. The minimum atomic E-state index is -0.827. The Hall–Kier alpha value is -3.33. The van der Waals surface area contributed by atoms with E-state index in [-0.39, 0.29) is 23.2 Å². The lowest BCUT2D eigenvalue weighted by molar-refractivity contribution is -0.0324. The zero-order valence-corrected chi connectivity index (χ0v) is 20.5. The van der Waals surface area contributed by atoms with Gasteiger partial charge < -0.3 is 25.3 Å². The van der Waals surface area contributed by atoms with Crippen LogP contribution in [0.25, 0.3) is 11.3 Å². The van der Waals surface area contributed by atoms with Crippen molar-refractivity contribution in [1.29, 1.82) is 0 Å². The summed E-state index contributed by atoms with van der Waals surface area (Å²) in [4.78, 5) is 18.1. The van der Waals surface area contributed by atoms with E-state index in [9.17, 15) is 9.18 Å². The minimum Gasteiger partial charge on any atom is -0.379 e. The molecule has 3 aromatic heterocycles. The van der Waals surface area contributed by atoms with Crippen LogP contribution < -0.4 is 21.5 Å². The van der Waals surface area contributed by atoms with E-state index < -0.39 is 6.17 Å². The highest BCUT2D eigenvalue weighted by atomic mass is 19.1. The number of methoxy groups -OCH3 is 1. The average molecular weight is 481 g/mol. The first-order valence-electron chi connectivity index (χ1n) is 12.1. The second-order valence-electron chi connectivity index (χ2n) is 9.83. The lowest BCUT2D eigenvalue weighted by Crippen LogP contribution is -2.36. The Morgan fingerprint density at radius 2 is 2.03 bits per heavy atom. The lowest BCUT2D eigenvalue weighted by atomic mass is 9.83. The number of hydrogen-bond acceptors (Lipinski definition) is 6. The zero-order valence-electron chi connectivity index (χ0n) is 20.5. The van der Waals surface area contributed by atoms with Gasteiger partial charge in [0.2, 0.25) is 0 Å². The van der Waals surface area contributed by atoms with Crippen molar-refractivity contribution in [1.82, 2.24) is 19.3 Å². The van der Waals surface area contributed by atoms with Crippen molar-refractivity contribution in [3.8, 4) is 0 Å². The summed E-state index contributed by atoms with van der Waals surface area (Å²) in [5.74, 6) is 1.34. The van der Waals surface area contributed by atoms with Crippen LogP contribution >= 0.6 is 0 Å². The van der Waals surface area contributed by atoms with Gasteiger partial charge in [-0.2, -0.15) is 0 Å². The summed E-state index contributed by atoms with van der Waals surface area (Å²) >= 11 is 0. The quantitative estimate of drug-likeness (QED) is 0.441. The van der Waals surface area contributed by atoms with Gasteiger partial charge in [-0.15, -0.1) is 0 Å². The third-order valence-electron chi connectivity index (χ3n) is 7.41. The first kappa shape index (κ1) is 23.4. The van der Waals surface area contributed by atoms with Crippen LogP contribution in [0.1, 0.15) is 50.6 Å². The van der Waals surface area contributed by atoms with Crippen LogP contribution in [-0.4, -0.2) is 45.9 Å². The fourth-order valence-electron chi connectivity index (χ4n) is 4.91. The van der Waals surface area contributed by atoms with Gasteiger partial charge in [0.1, 0.15) is 29.1 Å². The molecule has 3 aromatic rings. The number of fused-ring (bicyclic) bond motifs is 1. The summed E-state index contributed by atoms with van der Waals surface area (Å²) in [6, 6.07) is 7.39. The number of ether oxygens (including phenoxy) is 1. The van der Waals surface area contributed by atoms with Crippen LogP contribution in [-0.2, 0) is 4.74 Å². The Labute approximate surface area is 204 Å². The number of pyridine rings is 1. The van der Waals surface area contributed by atoms with E-state index in [4.69, 9.17) is 9.72 Å². The van der Waals surface area contributed by atoms with E-state index in [2.05, 4.69) is 29.5 Å². The van der Waals surface area contributed by atoms with Crippen molar-refractivity contribution < 1.29 is 9.13 Å². The topological polar surface area (TPSA) is 84.6 Å². The van der Waals surface area contributed by atoms with Gasteiger partial charge in [0, 0.05) is 56.3 Å². The van der Waals surface area contributed by atoms with Crippen LogP contribution in [0.2, 0.25) is 0 Å². The molecular formula is C26H33FN6O2. The van der Waals surface area contributed by atoms with Gasteiger partial charge >= 0.3 is 0 Å². The predicted molar refractivity (Wildman–Crippen MR) is 137 cm³/mol. The molecule has 9 heteroatoms. The Balaban J connectivity index is 1.42. The minimum absolute atomic E-state index is 0.0735. The molecule has 0 aliphatic heterocycles. The number of halogens is 1. The first-order chi connectivity index (χ1) is 16.8. The number of anilines is 3. The Bertz CT molecular complexity index is 1310. The molecule has 2 saturated carbocycles. The largest absolute Gasteiger partial charge is 0.379 e. The number of aromatic nitrogens is 3. The van der Waals surface area contributed by atoms with Crippen molar-refractivity contribution in [2.75, 3.05) is 24.8 Å². The zero-order chi connectivity index (χ0) is 24.7. The number of rotatable bonds is 8. The van der Waals surface area contributed by atoms with E-state index in [0.29, 0.717) is 29.3 Å². The highest BCUT2D eigenvalue weighted by Crippen LogP contribution is 2.36. The number of alkyl halides is 1. The molecule has 5 rings (SSSR count). The van der Waals surface area contributed by atoms with Crippen LogP contribution in [0.4, 0.5) is 21.7 Å². The maximum Gasteiger partial charge on any atom is 0.274 e. The van der Waals surface area contributed by atoms with E-state index in [1.54, 1.807) is 13.2 Å². The van der Waals surface area contributed by atoms with Crippen molar-refractivity contribution in [2.24, 2.45) is 0 Å². The highest BCUT2D eigenvalue weighted by molar-refractivity contribution is 5.77. The van der Waals surface area contributed by atoms with E-state index in [0.717, 1.165) is 37.1 Å². The molecule has 8 nitrogen and oxygen atoms in total. The van der Waals surface area contributed by atoms with Crippen LogP contribution in [0.3, 0.4) is 0 Å². The normalized spacial score (nSPS) is 25.9. The summed E-state index contributed by atoms with van der Waals surface area (Å²) in [5.41, 5.74) is 2.36. The maximum atomic E-state index is 13.4. The summed E-state index contributed by atoms with van der Waals surface area (Å²) in [6.45, 7) is 6.22. The third kappa shape index (κ3) is 4.52. The van der Waals surface area contributed by atoms with E-state index >= 15 is 0 Å². The molecule has 2 fully saturated rings. The van der Waals surface area contributed by atoms with Gasteiger partial charge in [0.05, 0.1) is 11.6 Å². The first-order valence-corrected chi connectivity index (χ1v) is 12.1. The molecule has 0 aromatic carbocycles. The van der Waals surface area contributed by atoms with Crippen LogP contribution in [0.15, 0.2) is 48.0 Å². The number of hydrogen-bond donors (Lipinski definition) is 3.